The van der Waals surface area contributed by atoms with Gasteiger partial charge in [-0.25, -0.2) is 0 Å². The minimum absolute atomic E-state index is 0.0837. The maximum atomic E-state index is 13.0. The van der Waals surface area contributed by atoms with Crippen LogP contribution in [0.15, 0.2) is 36.4 Å². The second-order valence-corrected chi connectivity index (χ2v) is 5.90. The van der Waals surface area contributed by atoms with Gasteiger partial charge in [0.25, 0.3) is 5.91 Å². The number of hydrogen-bond donors (Lipinski definition) is 0. The van der Waals surface area contributed by atoms with E-state index in [1.54, 1.807) is 37.3 Å². The van der Waals surface area contributed by atoms with E-state index in [1.807, 2.05) is 25.1 Å². The highest BCUT2D eigenvalue weighted by atomic mass is 16.6. The van der Waals surface area contributed by atoms with E-state index in [0.717, 1.165) is 17.1 Å². The number of methoxy groups -OCH3 is 2. The fraction of sp³-hybridized carbons (Fsp3) is 0.350. The van der Waals surface area contributed by atoms with E-state index in [2.05, 4.69) is 0 Å². The summed E-state index contributed by atoms with van der Waals surface area (Å²) in [5, 5.41) is 0. The Labute approximate surface area is 153 Å². The third-order valence-corrected chi connectivity index (χ3v) is 4.25. The average molecular weight is 357 g/mol. The van der Waals surface area contributed by atoms with Crippen molar-refractivity contribution < 1.29 is 23.7 Å². The summed E-state index contributed by atoms with van der Waals surface area (Å²) in [7, 11) is 3.13. The van der Waals surface area contributed by atoms with E-state index in [0.29, 0.717) is 43.4 Å². The molecule has 3 rings (SSSR count). The number of ether oxygens (including phenoxy) is 4. The van der Waals surface area contributed by atoms with Gasteiger partial charge in [0, 0.05) is 24.7 Å². The summed E-state index contributed by atoms with van der Waals surface area (Å²) >= 11 is 0. The second kappa shape index (κ2) is 7.99. The molecular formula is C20H23NO5. The van der Waals surface area contributed by atoms with Crippen molar-refractivity contribution in [3.63, 3.8) is 0 Å². The van der Waals surface area contributed by atoms with Gasteiger partial charge in [-0.1, -0.05) is 6.07 Å². The molecule has 1 heterocycles. The minimum Gasteiger partial charge on any atom is -0.497 e. The lowest BCUT2D eigenvalue weighted by Gasteiger charge is -2.23. The summed E-state index contributed by atoms with van der Waals surface area (Å²) in [4.78, 5) is 14.7. The van der Waals surface area contributed by atoms with Crippen LogP contribution in [-0.4, -0.2) is 44.8 Å². The highest BCUT2D eigenvalue weighted by Crippen LogP contribution is 2.31. The van der Waals surface area contributed by atoms with Crippen LogP contribution in [0.1, 0.15) is 22.8 Å². The van der Waals surface area contributed by atoms with Crippen molar-refractivity contribution in [2.24, 2.45) is 0 Å². The average Bonchev–Trinajstić information content (AvgIpc) is 2.70. The van der Waals surface area contributed by atoms with Crippen LogP contribution in [0.25, 0.3) is 0 Å². The topological polar surface area (TPSA) is 57.2 Å². The number of benzene rings is 2. The highest BCUT2D eigenvalue weighted by Gasteiger charge is 2.18. The smallest absolute Gasteiger partial charge is 0.254 e. The van der Waals surface area contributed by atoms with Crippen LogP contribution in [-0.2, 0) is 6.54 Å². The minimum atomic E-state index is -0.0837. The molecule has 0 aromatic heterocycles. The number of fused-ring (bicyclic) bond motifs is 1. The third-order valence-electron chi connectivity index (χ3n) is 4.25. The zero-order valence-electron chi connectivity index (χ0n) is 15.3. The van der Waals surface area contributed by atoms with Gasteiger partial charge >= 0.3 is 0 Å². The van der Waals surface area contributed by atoms with Crippen molar-refractivity contribution in [3.05, 3.63) is 47.5 Å². The van der Waals surface area contributed by atoms with Gasteiger partial charge in [-0.2, -0.15) is 0 Å². The molecule has 6 heteroatoms. The molecule has 0 saturated carbocycles. The summed E-state index contributed by atoms with van der Waals surface area (Å²) in [6, 6.07) is 10.9. The van der Waals surface area contributed by atoms with Gasteiger partial charge in [0.05, 0.1) is 14.2 Å². The first-order chi connectivity index (χ1) is 12.6. The third kappa shape index (κ3) is 3.85. The van der Waals surface area contributed by atoms with Crippen LogP contribution in [0.4, 0.5) is 0 Å². The van der Waals surface area contributed by atoms with Crippen LogP contribution in [0.5, 0.6) is 23.0 Å². The maximum absolute atomic E-state index is 13.0. The Morgan fingerprint density at radius 2 is 1.65 bits per heavy atom. The first-order valence-corrected chi connectivity index (χ1v) is 8.55. The Kier molecular flexibility index (Phi) is 5.51. The lowest BCUT2D eigenvalue weighted by atomic mass is 10.1. The van der Waals surface area contributed by atoms with Crippen LogP contribution in [0.3, 0.4) is 0 Å². The van der Waals surface area contributed by atoms with Gasteiger partial charge in [0.1, 0.15) is 24.7 Å². The van der Waals surface area contributed by atoms with Crippen molar-refractivity contribution in [2.75, 3.05) is 34.0 Å². The molecule has 0 N–H and O–H groups in total. The number of nitrogens with zero attached hydrogens (tertiary/aromatic N) is 1. The molecule has 0 bridgehead atoms. The molecule has 138 valence electrons. The van der Waals surface area contributed by atoms with Gasteiger partial charge in [-0.3, -0.25) is 4.79 Å². The molecular weight excluding hydrogens is 334 g/mol. The van der Waals surface area contributed by atoms with Crippen LogP contribution < -0.4 is 18.9 Å². The molecule has 0 radical (unpaired) electrons. The van der Waals surface area contributed by atoms with E-state index in [1.165, 1.54) is 0 Å². The Morgan fingerprint density at radius 1 is 1.00 bits per heavy atom. The van der Waals surface area contributed by atoms with E-state index >= 15 is 0 Å². The summed E-state index contributed by atoms with van der Waals surface area (Å²) < 4.78 is 21.7. The lowest BCUT2D eigenvalue weighted by molar-refractivity contribution is 0.0751. The molecule has 26 heavy (non-hydrogen) atoms. The van der Waals surface area contributed by atoms with Crippen molar-refractivity contribution in [1.82, 2.24) is 4.90 Å². The Bertz CT molecular complexity index is 768. The quantitative estimate of drug-likeness (QED) is 0.795. The van der Waals surface area contributed by atoms with E-state index < -0.39 is 0 Å². The molecule has 0 unspecified atom stereocenters. The number of hydrogen-bond acceptors (Lipinski definition) is 5. The second-order valence-electron chi connectivity index (χ2n) is 5.90. The molecule has 0 saturated heterocycles. The summed E-state index contributed by atoms with van der Waals surface area (Å²) in [5.41, 5.74) is 1.51. The molecule has 2 aromatic carbocycles. The Morgan fingerprint density at radius 3 is 2.27 bits per heavy atom. The van der Waals surface area contributed by atoms with Gasteiger partial charge in [-0.05, 0) is 36.8 Å². The first kappa shape index (κ1) is 17.9. The summed E-state index contributed by atoms with van der Waals surface area (Å²) in [6.45, 7) is 4.10. The van der Waals surface area contributed by atoms with Crippen molar-refractivity contribution in [3.8, 4) is 23.0 Å². The number of carbonyl (C=O) groups is 1. The molecule has 0 aliphatic carbocycles. The highest BCUT2D eigenvalue weighted by molar-refractivity contribution is 5.95. The summed E-state index contributed by atoms with van der Waals surface area (Å²) in [6.07, 6.45) is 0. The molecule has 1 aliphatic heterocycles. The fourth-order valence-electron chi connectivity index (χ4n) is 2.85. The lowest BCUT2D eigenvalue weighted by Crippen LogP contribution is -2.30. The van der Waals surface area contributed by atoms with E-state index in [9.17, 15) is 4.79 Å². The van der Waals surface area contributed by atoms with Crippen LogP contribution >= 0.6 is 0 Å². The Hall–Kier alpha value is -2.89. The molecule has 2 aromatic rings. The predicted octanol–water partition coefficient (Wildman–Crippen LogP) is 3.14. The SMILES string of the molecule is CCN(Cc1ccc2c(c1)OCCO2)C(=O)c1cc(OC)cc(OC)c1. The summed E-state index contributed by atoms with van der Waals surface area (Å²) in [5.74, 6) is 2.55. The van der Waals surface area contributed by atoms with Crippen molar-refractivity contribution >= 4 is 5.91 Å². The zero-order valence-corrected chi connectivity index (χ0v) is 15.3. The van der Waals surface area contributed by atoms with Crippen LogP contribution in [0.2, 0.25) is 0 Å². The van der Waals surface area contributed by atoms with Crippen molar-refractivity contribution in [1.29, 1.82) is 0 Å². The van der Waals surface area contributed by atoms with Gasteiger partial charge in [0.15, 0.2) is 11.5 Å². The molecule has 1 aliphatic rings. The van der Waals surface area contributed by atoms with Crippen LogP contribution in [0, 0.1) is 0 Å². The van der Waals surface area contributed by atoms with Gasteiger partial charge in [0.2, 0.25) is 0 Å². The number of carbonyl (C=O) groups excluding carboxylic acids is 1. The number of rotatable bonds is 6. The maximum Gasteiger partial charge on any atom is 0.254 e. The fourth-order valence-corrected chi connectivity index (χ4v) is 2.85. The van der Waals surface area contributed by atoms with E-state index in [-0.39, 0.29) is 5.91 Å². The normalized spacial score (nSPS) is 12.4. The molecule has 0 atom stereocenters. The largest absolute Gasteiger partial charge is 0.497 e. The molecule has 6 nitrogen and oxygen atoms in total. The van der Waals surface area contributed by atoms with Gasteiger partial charge < -0.3 is 23.8 Å². The standard InChI is InChI=1S/C20H23NO5/c1-4-21(13-14-5-6-18-19(9-14)26-8-7-25-18)20(22)15-10-16(23-2)12-17(11-15)24-3/h5-6,9-12H,4,7-8,13H2,1-3H3. The zero-order chi connectivity index (χ0) is 18.5. The molecule has 0 fully saturated rings. The molecule has 1 amide bonds. The first-order valence-electron chi connectivity index (χ1n) is 8.55. The van der Waals surface area contributed by atoms with Gasteiger partial charge in [-0.15, -0.1) is 0 Å². The monoisotopic (exact) mass is 357 g/mol. The van der Waals surface area contributed by atoms with E-state index in [4.69, 9.17) is 18.9 Å². The predicted molar refractivity (Wildman–Crippen MR) is 97.4 cm³/mol. The Balaban J connectivity index is 1.81. The molecule has 0 spiro atoms. The van der Waals surface area contributed by atoms with Crippen molar-refractivity contribution in [2.45, 2.75) is 13.5 Å². The number of amides is 1.